The lowest BCUT2D eigenvalue weighted by molar-refractivity contribution is -0.146. The van der Waals surface area contributed by atoms with Crippen molar-refractivity contribution in [3.63, 3.8) is 0 Å². The molecule has 2 aromatic carbocycles. The summed E-state index contributed by atoms with van der Waals surface area (Å²) in [5, 5.41) is 8.46. The molecule has 37 heavy (non-hydrogen) atoms. The Hall–Kier alpha value is -2.85. The molecule has 5 rings (SSSR count). The van der Waals surface area contributed by atoms with Gasteiger partial charge in [0.1, 0.15) is 23.7 Å². The van der Waals surface area contributed by atoms with Gasteiger partial charge in [-0.05, 0) is 77.9 Å². The zero-order valence-corrected chi connectivity index (χ0v) is 23.1. The fraction of sp³-hybridized carbons (Fsp3) is 0.370. The Morgan fingerprint density at radius 2 is 2.00 bits per heavy atom. The molecule has 3 aromatic rings. The first kappa shape index (κ1) is 25.8. The number of allylic oxidation sites excluding steroid dienone is 1. The molecule has 0 saturated heterocycles. The Morgan fingerprint density at radius 1 is 1.22 bits per heavy atom. The van der Waals surface area contributed by atoms with E-state index in [4.69, 9.17) is 14.6 Å². The Kier molecular flexibility index (Phi) is 7.85. The van der Waals surface area contributed by atoms with Crippen LogP contribution in [0.4, 0.5) is 10.3 Å². The number of anilines is 1. The minimum atomic E-state index is -0.551. The van der Waals surface area contributed by atoms with Gasteiger partial charge in [-0.2, -0.15) is 4.98 Å². The maximum absolute atomic E-state index is 14.1. The van der Waals surface area contributed by atoms with Crippen molar-refractivity contribution in [2.45, 2.75) is 62.1 Å². The van der Waals surface area contributed by atoms with Crippen molar-refractivity contribution in [2.75, 3.05) is 12.4 Å². The number of hydrogen-bond donors (Lipinski definition) is 1. The molecule has 1 atom stereocenters. The van der Waals surface area contributed by atoms with E-state index in [9.17, 15) is 9.18 Å². The number of nitrogens with one attached hydrogen (secondary N) is 1. The van der Waals surface area contributed by atoms with Crippen LogP contribution >= 0.6 is 27.7 Å². The summed E-state index contributed by atoms with van der Waals surface area (Å²) in [6.45, 7) is 1.85. The highest BCUT2D eigenvalue weighted by atomic mass is 79.9. The number of esters is 1. The summed E-state index contributed by atoms with van der Waals surface area (Å²) in [5.74, 6) is 0.973. The average Bonchev–Trinajstić information content (AvgIpc) is 3.30. The number of thioether (sulfide) groups is 1. The summed E-state index contributed by atoms with van der Waals surface area (Å²) in [6, 6.07) is 11.8. The molecule has 1 fully saturated rings. The Bertz CT molecular complexity index is 1340. The molecule has 1 N–H and O–H groups in total. The number of fused-ring (bicyclic) bond motifs is 1. The van der Waals surface area contributed by atoms with Gasteiger partial charge >= 0.3 is 5.97 Å². The first-order valence-electron chi connectivity index (χ1n) is 12.3. The summed E-state index contributed by atoms with van der Waals surface area (Å²) in [4.78, 5) is 18.2. The summed E-state index contributed by atoms with van der Waals surface area (Å²) < 4.78 is 28.0. The molecule has 2 heterocycles. The second kappa shape index (κ2) is 11.3. The first-order chi connectivity index (χ1) is 17.9. The van der Waals surface area contributed by atoms with Gasteiger partial charge in [0, 0.05) is 11.4 Å². The van der Waals surface area contributed by atoms with Gasteiger partial charge in [-0.25, -0.2) is 13.9 Å². The maximum Gasteiger partial charge on any atom is 0.338 e. The summed E-state index contributed by atoms with van der Waals surface area (Å²) in [6.07, 6.45) is 5.01. The van der Waals surface area contributed by atoms with Crippen LogP contribution in [-0.2, 0) is 15.3 Å². The van der Waals surface area contributed by atoms with Crippen molar-refractivity contribution in [2.24, 2.45) is 0 Å². The van der Waals surface area contributed by atoms with Crippen molar-refractivity contribution >= 4 is 39.6 Å². The van der Waals surface area contributed by atoms with Crippen molar-refractivity contribution in [3.05, 3.63) is 75.2 Å². The van der Waals surface area contributed by atoms with E-state index in [-0.39, 0.29) is 17.9 Å². The molecule has 0 radical (unpaired) electrons. The highest BCUT2D eigenvalue weighted by molar-refractivity contribution is 9.10. The maximum atomic E-state index is 14.1. The zero-order valence-electron chi connectivity index (χ0n) is 20.7. The topological polar surface area (TPSA) is 78.3 Å². The fourth-order valence-electron chi connectivity index (χ4n) is 4.77. The molecule has 7 nitrogen and oxygen atoms in total. The monoisotopic (exact) mass is 586 g/mol. The van der Waals surface area contributed by atoms with E-state index >= 15 is 0 Å². The Labute approximate surface area is 228 Å². The third-order valence-corrected chi connectivity index (χ3v) is 8.19. The number of nitrogens with zero attached hydrogens (tertiary/aromatic N) is 3. The van der Waals surface area contributed by atoms with Crippen LogP contribution in [0.2, 0.25) is 0 Å². The third kappa shape index (κ3) is 5.55. The lowest BCUT2D eigenvalue weighted by atomic mass is 9.95. The molecule has 1 aliphatic carbocycles. The molecule has 1 unspecified atom stereocenters. The summed E-state index contributed by atoms with van der Waals surface area (Å²) >= 11 is 4.91. The number of ether oxygens (including phenoxy) is 2. The van der Waals surface area contributed by atoms with Crippen LogP contribution in [0.3, 0.4) is 0 Å². The van der Waals surface area contributed by atoms with E-state index in [0.29, 0.717) is 39.4 Å². The number of methoxy groups -OCH3 is 1. The molecule has 0 amide bonds. The number of benzene rings is 2. The molecule has 1 aliphatic heterocycles. The Morgan fingerprint density at radius 3 is 2.73 bits per heavy atom. The van der Waals surface area contributed by atoms with Crippen LogP contribution < -0.4 is 10.1 Å². The second-order valence-corrected chi connectivity index (χ2v) is 11.0. The SMILES string of the molecule is COc1ccc(C2C(C(=O)OC3CCCCC3)=C(C)Nc3nc(SCc4ccccc4F)nn32)cc1Br. The highest BCUT2D eigenvalue weighted by Gasteiger charge is 2.36. The van der Waals surface area contributed by atoms with E-state index in [1.807, 2.05) is 25.1 Å². The fourth-order valence-corrected chi connectivity index (χ4v) is 6.15. The summed E-state index contributed by atoms with van der Waals surface area (Å²) in [5.41, 5.74) is 2.57. The number of rotatable bonds is 7. The molecular weight excluding hydrogens is 559 g/mol. The normalized spacial score (nSPS) is 17.8. The van der Waals surface area contributed by atoms with Gasteiger partial charge in [0.2, 0.25) is 11.1 Å². The number of hydrogen-bond acceptors (Lipinski definition) is 7. The van der Waals surface area contributed by atoms with Crippen molar-refractivity contribution in [1.82, 2.24) is 14.8 Å². The molecular formula is C27H28BrFN4O3S. The van der Waals surface area contributed by atoms with Gasteiger partial charge < -0.3 is 14.8 Å². The lowest BCUT2D eigenvalue weighted by Gasteiger charge is -2.30. The first-order valence-corrected chi connectivity index (χ1v) is 14.1. The number of halogens is 2. The predicted molar refractivity (Wildman–Crippen MR) is 144 cm³/mol. The van der Waals surface area contributed by atoms with Crippen LogP contribution in [0.5, 0.6) is 5.75 Å². The van der Waals surface area contributed by atoms with E-state index < -0.39 is 6.04 Å². The van der Waals surface area contributed by atoms with Gasteiger partial charge in [-0.1, -0.05) is 42.4 Å². The second-order valence-electron chi connectivity index (χ2n) is 9.17. The lowest BCUT2D eigenvalue weighted by Crippen LogP contribution is -2.32. The van der Waals surface area contributed by atoms with Crippen molar-refractivity contribution in [1.29, 1.82) is 0 Å². The number of carbonyl (C=O) groups is 1. The largest absolute Gasteiger partial charge is 0.496 e. The van der Waals surface area contributed by atoms with E-state index in [1.54, 1.807) is 30.0 Å². The van der Waals surface area contributed by atoms with Crippen LogP contribution in [-0.4, -0.2) is 33.9 Å². The smallest absolute Gasteiger partial charge is 0.338 e. The van der Waals surface area contributed by atoms with E-state index in [1.165, 1.54) is 24.2 Å². The summed E-state index contributed by atoms with van der Waals surface area (Å²) in [7, 11) is 1.61. The number of aromatic nitrogens is 3. The van der Waals surface area contributed by atoms with Gasteiger partial charge in [0.05, 0.1) is 17.2 Å². The molecule has 0 bridgehead atoms. The minimum absolute atomic E-state index is 0.0752. The third-order valence-electron chi connectivity index (χ3n) is 6.69. The molecule has 1 aromatic heterocycles. The Balaban J connectivity index is 1.49. The van der Waals surface area contributed by atoms with Gasteiger partial charge in [0.15, 0.2) is 0 Å². The molecule has 194 valence electrons. The van der Waals surface area contributed by atoms with Crippen LogP contribution in [0.25, 0.3) is 0 Å². The number of carbonyl (C=O) groups excluding carboxylic acids is 1. The van der Waals surface area contributed by atoms with Crippen LogP contribution in [0.15, 0.2) is 63.4 Å². The van der Waals surface area contributed by atoms with E-state index in [2.05, 4.69) is 26.2 Å². The average molecular weight is 588 g/mol. The predicted octanol–water partition coefficient (Wildman–Crippen LogP) is 6.65. The molecule has 10 heteroatoms. The minimum Gasteiger partial charge on any atom is -0.496 e. The quantitative estimate of drug-likeness (QED) is 0.245. The van der Waals surface area contributed by atoms with Gasteiger partial charge in [0.25, 0.3) is 0 Å². The van der Waals surface area contributed by atoms with Crippen molar-refractivity contribution < 1.29 is 18.7 Å². The van der Waals surface area contributed by atoms with Gasteiger partial charge in [-0.3, -0.25) is 0 Å². The standard InChI is InChI=1S/C27H28BrFN4O3S/c1-16-23(25(34)36-19-9-4-3-5-10-19)24(17-12-13-22(35-2)20(28)14-17)33-26(30-16)31-27(32-33)37-15-18-8-6-7-11-21(18)29/h6-8,11-14,19,24H,3-5,9-10,15H2,1-2H3,(H,30,31,32). The van der Waals surface area contributed by atoms with E-state index in [0.717, 1.165) is 35.7 Å². The zero-order chi connectivity index (χ0) is 25.9. The molecule has 1 saturated carbocycles. The molecule has 2 aliphatic rings. The van der Waals surface area contributed by atoms with Crippen LogP contribution in [0, 0.1) is 5.82 Å². The highest BCUT2D eigenvalue weighted by Crippen LogP contribution is 2.40. The van der Waals surface area contributed by atoms with Crippen molar-refractivity contribution in [3.8, 4) is 5.75 Å². The molecule has 0 spiro atoms. The van der Waals surface area contributed by atoms with Crippen LogP contribution in [0.1, 0.15) is 56.2 Å². The van der Waals surface area contributed by atoms with Gasteiger partial charge in [-0.15, -0.1) is 5.10 Å².